The molecule has 1 aliphatic heterocycles. The van der Waals surface area contributed by atoms with E-state index < -0.39 is 16.7 Å². The van der Waals surface area contributed by atoms with Gasteiger partial charge in [-0.05, 0) is 60.5 Å². The van der Waals surface area contributed by atoms with Gasteiger partial charge in [0.2, 0.25) is 0 Å². The van der Waals surface area contributed by atoms with Crippen LogP contribution in [0.4, 0.5) is 17.1 Å². The number of carbonyl (C=O) groups excluding carboxylic acids is 2. The highest BCUT2D eigenvalue weighted by Gasteiger charge is 2.40. The number of nitriles is 1. The number of hydrogen-bond donors (Lipinski definition) is 1. The number of nitrogens with zero attached hydrogens (tertiary/aromatic N) is 3. The smallest absolute Gasteiger partial charge is 0.282 e. The number of benzene rings is 3. The molecule has 35 heavy (non-hydrogen) atoms. The van der Waals surface area contributed by atoms with E-state index in [4.69, 9.17) is 10.00 Å². The predicted molar refractivity (Wildman–Crippen MR) is 130 cm³/mol. The first-order valence-corrected chi connectivity index (χ1v) is 10.8. The Morgan fingerprint density at radius 3 is 2.37 bits per heavy atom. The first-order chi connectivity index (χ1) is 16.9. The molecule has 0 spiro atoms. The number of hydrogen-bond acceptors (Lipinski definition) is 7. The predicted octanol–water partition coefficient (Wildman–Crippen LogP) is 4.65. The number of nitrogens with one attached hydrogen (secondary N) is 1. The minimum atomic E-state index is -0.590. The second-order valence-electron chi connectivity index (χ2n) is 7.66. The van der Waals surface area contributed by atoms with Crippen LogP contribution in [0.1, 0.15) is 24.5 Å². The second kappa shape index (κ2) is 9.89. The van der Waals surface area contributed by atoms with Gasteiger partial charge in [-0.25, -0.2) is 4.90 Å². The molecule has 0 radical (unpaired) electrons. The van der Waals surface area contributed by atoms with Crippen LogP contribution in [0.25, 0.3) is 5.57 Å². The highest BCUT2D eigenvalue weighted by molar-refractivity contribution is 6.46. The van der Waals surface area contributed by atoms with Gasteiger partial charge in [0.1, 0.15) is 11.4 Å². The molecular weight excluding hydrogens is 448 g/mol. The van der Waals surface area contributed by atoms with Gasteiger partial charge in [0.05, 0.1) is 34.4 Å². The van der Waals surface area contributed by atoms with Crippen LogP contribution in [0.5, 0.6) is 5.75 Å². The highest BCUT2D eigenvalue weighted by atomic mass is 16.6. The Morgan fingerprint density at radius 1 is 1.03 bits per heavy atom. The number of nitro benzene ring substituents is 1. The standard InChI is InChI=1S/C26H20N4O5/c1-2-14-35-22-5-3-4-19(15-22)28-24-23(18-8-12-21(13-9-18)30(33)34)25(31)29(26(24)32)20-10-6-17(16-27)7-11-20/h3-13,15,28H,2,14H2,1H3. The molecule has 2 amide bonds. The van der Waals surface area contributed by atoms with E-state index in [0.717, 1.165) is 11.3 Å². The molecule has 0 aromatic heterocycles. The molecule has 1 heterocycles. The van der Waals surface area contributed by atoms with Gasteiger partial charge >= 0.3 is 0 Å². The fraction of sp³-hybridized carbons (Fsp3) is 0.115. The summed E-state index contributed by atoms with van der Waals surface area (Å²) >= 11 is 0. The lowest BCUT2D eigenvalue weighted by Crippen LogP contribution is -2.32. The van der Waals surface area contributed by atoms with Crippen LogP contribution < -0.4 is 15.0 Å². The van der Waals surface area contributed by atoms with Crippen LogP contribution in [0.15, 0.2) is 78.5 Å². The zero-order chi connectivity index (χ0) is 24.9. The van der Waals surface area contributed by atoms with Crippen molar-refractivity contribution in [3.63, 3.8) is 0 Å². The van der Waals surface area contributed by atoms with Crippen molar-refractivity contribution < 1.29 is 19.2 Å². The average molecular weight is 468 g/mol. The fourth-order valence-electron chi connectivity index (χ4n) is 3.61. The monoisotopic (exact) mass is 468 g/mol. The van der Waals surface area contributed by atoms with Crippen LogP contribution in [-0.4, -0.2) is 23.3 Å². The maximum atomic E-state index is 13.5. The molecule has 3 aromatic rings. The summed E-state index contributed by atoms with van der Waals surface area (Å²) in [5.74, 6) is -0.572. The number of amides is 2. The zero-order valence-electron chi connectivity index (χ0n) is 18.7. The average Bonchev–Trinajstić information content (AvgIpc) is 3.12. The van der Waals surface area contributed by atoms with E-state index in [9.17, 15) is 19.7 Å². The summed E-state index contributed by atoms with van der Waals surface area (Å²) in [5, 5.41) is 23.2. The molecule has 0 atom stereocenters. The third-order valence-corrected chi connectivity index (χ3v) is 5.28. The van der Waals surface area contributed by atoms with Crippen LogP contribution in [0.2, 0.25) is 0 Å². The third kappa shape index (κ3) is 4.72. The number of ether oxygens (including phenoxy) is 1. The number of anilines is 2. The van der Waals surface area contributed by atoms with E-state index in [-0.39, 0.29) is 17.0 Å². The number of imide groups is 1. The van der Waals surface area contributed by atoms with Crippen LogP contribution >= 0.6 is 0 Å². The number of non-ortho nitro benzene ring substituents is 1. The lowest BCUT2D eigenvalue weighted by Gasteiger charge is -2.15. The summed E-state index contributed by atoms with van der Waals surface area (Å²) in [7, 11) is 0. The van der Waals surface area contributed by atoms with E-state index in [1.807, 2.05) is 13.0 Å². The summed E-state index contributed by atoms with van der Waals surface area (Å²) in [6.07, 6.45) is 0.833. The summed E-state index contributed by atoms with van der Waals surface area (Å²) < 4.78 is 5.66. The van der Waals surface area contributed by atoms with Crippen LogP contribution in [0.3, 0.4) is 0 Å². The first kappa shape index (κ1) is 23.2. The van der Waals surface area contributed by atoms with E-state index in [2.05, 4.69) is 5.32 Å². The maximum Gasteiger partial charge on any atom is 0.282 e. The van der Waals surface area contributed by atoms with Crippen molar-refractivity contribution in [2.45, 2.75) is 13.3 Å². The van der Waals surface area contributed by atoms with Gasteiger partial charge in [0.15, 0.2) is 0 Å². The summed E-state index contributed by atoms with van der Waals surface area (Å²) in [6.45, 7) is 2.52. The highest BCUT2D eigenvalue weighted by Crippen LogP contribution is 2.35. The molecular formula is C26H20N4O5. The lowest BCUT2D eigenvalue weighted by molar-refractivity contribution is -0.384. The van der Waals surface area contributed by atoms with Crippen molar-refractivity contribution in [3.8, 4) is 11.8 Å². The van der Waals surface area contributed by atoms with Gasteiger partial charge in [0.25, 0.3) is 17.5 Å². The molecule has 0 saturated heterocycles. The Balaban J connectivity index is 1.76. The Bertz CT molecular complexity index is 1370. The third-order valence-electron chi connectivity index (χ3n) is 5.28. The molecule has 0 aliphatic carbocycles. The molecule has 9 heteroatoms. The van der Waals surface area contributed by atoms with E-state index in [1.165, 1.54) is 48.5 Å². The zero-order valence-corrected chi connectivity index (χ0v) is 18.7. The molecule has 1 aliphatic rings. The molecule has 3 aromatic carbocycles. The Hall–Kier alpha value is -4.97. The van der Waals surface area contributed by atoms with E-state index in [1.54, 1.807) is 24.3 Å². The molecule has 0 fully saturated rings. The van der Waals surface area contributed by atoms with Crippen molar-refractivity contribution in [2.24, 2.45) is 0 Å². The summed E-state index contributed by atoms with van der Waals surface area (Å²) in [4.78, 5) is 38.5. The van der Waals surface area contributed by atoms with Gasteiger partial charge in [0, 0.05) is 23.9 Å². The van der Waals surface area contributed by atoms with Crippen molar-refractivity contribution in [2.75, 3.05) is 16.8 Å². The summed E-state index contributed by atoms with van der Waals surface area (Å²) in [5.41, 5.74) is 1.55. The van der Waals surface area contributed by atoms with Gasteiger partial charge in [-0.2, -0.15) is 5.26 Å². The van der Waals surface area contributed by atoms with Gasteiger partial charge < -0.3 is 10.1 Å². The van der Waals surface area contributed by atoms with Gasteiger partial charge in [-0.1, -0.05) is 13.0 Å². The number of rotatable bonds is 8. The van der Waals surface area contributed by atoms with Crippen molar-refractivity contribution in [1.82, 2.24) is 0 Å². The topological polar surface area (TPSA) is 126 Å². The summed E-state index contributed by atoms with van der Waals surface area (Å²) in [6, 6.07) is 20.5. The molecule has 174 valence electrons. The normalized spacial score (nSPS) is 13.1. The minimum absolute atomic E-state index is 0.0286. The van der Waals surface area contributed by atoms with Crippen molar-refractivity contribution in [1.29, 1.82) is 5.26 Å². The maximum absolute atomic E-state index is 13.5. The fourth-order valence-corrected chi connectivity index (χ4v) is 3.61. The van der Waals surface area contributed by atoms with Crippen molar-refractivity contribution in [3.05, 3.63) is 99.7 Å². The minimum Gasteiger partial charge on any atom is -0.494 e. The quantitative estimate of drug-likeness (QED) is 0.290. The van der Waals surface area contributed by atoms with Gasteiger partial charge in [-0.15, -0.1) is 0 Å². The van der Waals surface area contributed by atoms with E-state index in [0.29, 0.717) is 34.9 Å². The lowest BCUT2D eigenvalue weighted by atomic mass is 10.0. The van der Waals surface area contributed by atoms with Gasteiger partial charge in [-0.3, -0.25) is 19.7 Å². The van der Waals surface area contributed by atoms with Crippen LogP contribution in [-0.2, 0) is 9.59 Å². The SMILES string of the molecule is CCCOc1cccc(NC2=C(c3ccc([N+](=O)[O-])cc3)C(=O)N(c3ccc(C#N)cc3)C2=O)c1. The second-order valence-corrected chi connectivity index (χ2v) is 7.66. The Kier molecular flexibility index (Phi) is 6.55. The van der Waals surface area contributed by atoms with Crippen LogP contribution in [0, 0.1) is 21.4 Å². The molecule has 0 saturated carbocycles. The van der Waals surface area contributed by atoms with E-state index >= 15 is 0 Å². The molecule has 9 nitrogen and oxygen atoms in total. The number of nitro groups is 1. The largest absolute Gasteiger partial charge is 0.494 e. The molecule has 1 N–H and O–H groups in total. The van der Waals surface area contributed by atoms with Crippen molar-refractivity contribution >= 4 is 34.4 Å². The molecule has 0 unspecified atom stereocenters. The molecule has 4 rings (SSSR count). The number of carbonyl (C=O) groups is 2. The first-order valence-electron chi connectivity index (χ1n) is 10.8. The Morgan fingerprint density at radius 2 is 1.74 bits per heavy atom. The molecule has 0 bridgehead atoms. The Labute approximate surface area is 201 Å².